The number of hydrogen-bond acceptors (Lipinski definition) is 6. The maximum absolute atomic E-state index is 12.5. The van der Waals surface area contributed by atoms with Gasteiger partial charge in [0.15, 0.2) is 5.78 Å². The van der Waals surface area contributed by atoms with Crippen LogP contribution in [-0.2, 0) is 20.4 Å². The molecule has 0 spiro atoms. The molecule has 0 unspecified atom stereocenters. The Labute approximate surface area is 132 Å². The molecule has 0 saturated heterocycles. The number of carbonyl (C=O) groups excluding carboxylic acids is 1. The van der Waals surface area contributed by atoms with Crippen LogP contribution in [0.4, 0.5) is 0 Å². The number of benzene rings is 1. The van der Waals surface area contributed by atoms with Gasteiger partial charge in [0.2, 0.25) is 0 Å². The topological polar surface area (TPSA) is 102 Å². The van der Waals surface area contributed by atoms with Crippen molar-refractivity contribution in [2.24, 2.45) is 0 Å². The largest absolute Gasteiger partial charge is 0.376 e. The van der Waals surface area contributed by atoms with E-state index in [1.807, 2.05) is 6.92 Å². The third kappa shape index (κ3) is 2.73. The summed E-state index contributed by atoms with van der Waals surface area (Å²) in [6.07, 6.45) is 5.98. The normalized spacial score (nSPS) is 16.7. The van der Waals surface area contributed by atoms with Gasteiger partial charge in [0.25, 0.3) is 10.0 Å². The van der Waals surface area contributed by atoms with Crippen LogP contribution in [-0.4, -0.2) is 33.7 Å². The second kappa shape index (κ2) is 5.25. The fourth-order valence-electron chi connectivity index (χ4n) is 2.07. The maximum atomic E-state index is 12.5. The highest BCUT2D eigenvalue weighted by atomic mass is 32.2. The van der Waals surface area contributed by atoms with Crippen LogP contribution in [0.15, 0.2) is 59.7 Å². The van der Waals surface area contributed by atoms with Crippen LogP contribution in [0.2, 0.25) is 0 Å². The Morgan fingerprint density at radius 2 is 1.74 bits per heavy atom. The molecule has 1 aromatic heterocycles. The minimum Gasteiger partial charge on any atom is -0.376 e. The van der Waals surface area contributed by atoms with Gasteiger partial charge in [-0.1, -0.05) is 22.9 Å². The molecule has 1 heterocycles. The van der Waals surface area contributed by atoms with Gasteiger partial charge in [-0.25, -0.2) is 0 Å². The summed E-state index contributed by atoms with van der Waals surface area (Å²) in [5.41, 5.74) is -0.720. The van der Waals surface area contributed by atoms with Crippen molar-refractivity contribution < 1.29 is 18.3 Å². The highest BCUT2D eigenvalue weighted by molar-refractivity contribution is 7.89. The van der Waals surface area contributed by atoms with Crippen molar-refractivity contribution in [2.75, 3.05) is 0 Å². The molecule has 1 aliphatic rings. The molecule has 0 amide bonds. The second-order valence-corrected chi connectivity index (χ2v) is 6.98. The number of rotatable bonds is 3. The number of ketones is 1. The molecule has 0 radical (unpaired) electrons. The Morgan fingerprint density at radius 1 is 1.13 bits per heavy atom. The van der Waals surface area contributed by atoms with Gasteiger partial charge in [0.05, 0.1) is 11.1 Å². The standard InChI is InChI=1S/C15H13N3O4S/c1-11-2-4-13(5-3-11)23(21,22)18-10-14(16-17-18)15(20)8-6-12(19)7-9-15/h2-10,20H,1H3. The summed E-state index contributed by atoms with van der Waals surface area (Å²) in [4.78, 5) is 11.2. The van der Waals surface area contributed by atoms with E-state index >= 15 is 0 Å². The van der Waals surface area contributed by atoms with E-state index in [0.717, 1.165) is 11.8 Å². The molecule has 1 aliphatic carbocycles. The van der Waals surface area contributed by atoms with Gasteiger partial charge in [0, 0.05) is 0 Å². The molecule has 1 N–H and O–H groups in total. The lowest BCUT2D eigenvalue weighted by Gasteiger charge is -2.18. The van der Waals surface area contributed by atoms with Crippen molar-refractivity contribution in [3.8, 4) is 0 Å². The molecule has 23 heavy (non-hydrogen) atoms. The Kier molecular flexibility index (Phi) is 3.50. The summed E-state index contributed by atoms with van der Waals surface area (Å²) >= 11 is 0. The lowest BCUT2D eigenvalue weighted by Crippen LogP contribution is -2.23. The van der Waals surface area contributed by atoms with Crippen molar-refractivity contribution in [3.63, 3.8) is 0 Å². The quantitative estimate of drug-likeness (QED) is 0.888. The summed E-state index contributed by atoms with van der Waals surface area (Å²) in [7, 11) is -3.89. The van der Waals surface area contributed by atoms with E-state index in [1.54, 1.807) is 12.1 Å². The average molecular weight is 331 g/mol. The first-order valence-corrected chi connectivity index (χ1v) is 8.15. The SMILES string of the molecule is Cc1ccc(S(=O)(=O)n2cc(C3(O)C=CC(=O)C=C3)nn2)cc1. The molecule has 0 aliphatic heterocycles. The molecule has 118 valence electrons. The number of aliphatic hydroxyl groups is 1. The number of aromatic nitrogens is 3. The first kappa shape index (κ1) is 15.3. The first-order chi connectivity index (χ1) is 10.8. The minimum absolute atomic E-state index is 0.00758. The smallest absolute Gasteiger partial charge is 0.284 e. The van der Waals surface area contributed by atoms with Crippen molar-refractivity contribution in [2.45, 2.75) is 17.4 Å². The number of allylic oxidation sites excluding steroid dienone is 2. The molecule has 2 aromatic rings. The molecule has 0 bridgehead atoms. The lowest BCUT2D eigenvalue weighted by molar-refractivity contribution is -0.110. The molecule has 1 aromatic carbocycles. The third-order valence-electron chi connectivity index (χ3n) is 3.45. The molecule has 7 nitrogen and oxygen atoms in total. The summed E-state index contributed by atoms with van der Waals surface area (Å²) in [6, 6.07) is 6.30. The van der Waals surface area contributed by atoms with E-state index in [4.69, 9.17) is 0 Å². The molecular formula is C15H13N3O4S. The van der Waals surface area contributed by atoms with E-state index in [0.29, 0.717) is 4.09 Å². The Morgan fingerprint density at radius 3 is 2.35 bits per heavy atom. The summed E-state index contributed by atoms with van der Waals surface area (Å²) < 4.78 is 25.7. The highest BCUT2D eigenvalue weighted by Crippen LogP contribution is 2.25. The Bertz CT molecular complexity index is 908. The van der Waals surface area contributed by atoms with E-state index < -0.39 is 15.6 Å². The van der Waals surface area contributed by atoms with Crippen LogP contribution in [0.25, 0.3) is 0 Å². The number of hydrogen-bond donors (Lipinski definition) is 1. The zero-order chi connectivity index (χ0) is 16.7. The zero-order valence-corrected chi connectivity index (χ0v) is 12.9. The van der Waals surface area contributed by atoms with Crippen LogP contribution >= 0.6 is 0 Å². The van der Waals surface area contributed by atoms with E-state index in [1.165, 1.54) is 36.4 Å². The number of aryl methyl sites for hydroxylation is 1. The summed E-state index contributed by atoms with van der Waals surface area (Å²) in [5, 5.41) is 17.7. The maximum Gasteiger partial charge on any atom is 0.284 e. The molecule has 3 rings (SSSR count). The highest BCUT2D eigenvalue weighted by Gasteiger charge is 2.31. The van der Waals surface area contributed by atoms with Gasteiger partial charge in [0.1, 0.15) is 11.3 Å². The molecule has 0 saturated carbocycles. The molecule has 8 heteroatoms. The van der Waals surface area contributed by atoms with Gasteiger partial charge < -0.3 is 5.11 Å². The fraction of sp³-hybridized carbons (Fsp3) is 0.133. The molecule has 0 fully saturated rings. The summed E-state index contributed by atoms with van der Waals surface area (Å²) in [5.74, 6) is -0.269. The van der Waals surface area contributed by atoms with Gasteiger partial charge in [-0.3, -0.25) is 4.79 Å². The van der Waals surface area contributed by atoms with Crippen molar-refractivity contribution in [1.29, 1.82) is 0 Å². The van der Waals surface area contributed by atoms with Gasteiger partial charge in [-0.15, -0.1) is 9.19 Å². The molecule has 0 atom stereocenters. The van der Waals surface area contributed by atoms with Gasteiger partial charge >= 0.3 is 0 Å². The monoisotopic (exact) mass is 331 g/mol. The minimum atomic E-state index is -3.89. The molecular weight excluding hydrogens is 318 g/mol. The Hall–Kier alpha value is -2.58. The average Bonchev–Trinajstić information content (AvgIpc) is 3.02. The van der Waals surface area contributed by atoms with Crippen LogP contribution in [0, 0.1) is 6.92 Å². The third-order valence-corrected chi connectivity index (χ3v) is 4.99. The Balaban J connectivity index is 1.99. The number of nitrogens with zero attached hydrogens (tertiary/aromatic N) is 3. The first-order valence-electron chi connectivity index (χ1n) is 6.71. The van der Waals surface area contributed by atoms with Crippen LogP contribution in [0.3, 0.4) is 0 Å². The number of carbonyl (C=O) groups is 1. The summed E-state index contributed by atoms with van der Waals surface area (Å²) in [6.45, 7) is 1.85. The van der Waals surface area contributed by atoms with Crippen molar-refractivity contribution >= 4 is 15.8 Å². The predicted octanol–water partition coefficient (Wildman–Crippen LogP) is 0.706. The second-order valence-electron chi connectivity index (χ2n) is 5.19. The lowest BCUT2D eigenvalue weighted by atomic mass is 9.95. The van der Waals surface area contributed by atoms with E-state index in [9.17, 15) is 18.3 Å². The van der Waals surface area contributed by atoms with Crippen LogP contribution in [0.5, 0.6) is 0 Å². The zero-order valence-electron chi connectivity index (χ0n) is 12.1. The van der Waals surface area contributed by atoms with E-state index in [2.05, 4.69) is 10.3 Å². The fourth-order valence-corrected chi connectivity index (χ4v) is 3.14. The van der Waals surface area contributed by atoms with Crippen LogP contribution < -0.4 is 0 Å². The van der Waals surface area contributed by atoms with Crippen molar-refractivity contribution in [3.05, 3.63) is 66.0 Å². The van der Waals surface area contributed by atoms with Crippen LogP contribution in [0.1, 0.15) is 11.3 Å². The van der Waals surface area contributed by atoms with Gasteiger partial charge in [-0.2, -0.15) is 8.42 Å². The predicted molar refractivity (Wildman–Crippen MR) is 81.0 cm³/mol. The van der Waals surface area contributed by atoms with Crippen molar-refractivity contribution in [1.82, 2.24) is 14.4 Å². The van der Waals surface area contributed by atoms with E-state index in [-0.39, 0.29) is 16.4 Å². The van der Waals surface area contributed by atoms with Gasteiger partial charge in [-0.05, 0) is 43.4 Å².